The van der Waals surface area contributed by atoms with Crippen LogP contribution >= 0.6 is 0 Å². The van der Waals surface area contributed by atoms with Crippen LogP contribution in [0.4, 0.5) is 0 Å². The summed E-state index contributed by atoms with van der Waals surface area (Å²) in [5.74, 6) is -0.169. The Labute approximate surface area is 120 Å². The molecule has 2 saturated heterocycles. The van der Waals surface area contributed by atoms with E-state index in [4.69, 9.17) is 5.73 Å². The summed E-state index contributed by atoms with van der Waals surface area (Å²) in [5, 5.41) is 6.49. The molecule has 20 heavy (non-hydrogen) atoms. The molecule has 0 spiro atoms. The molecule has 6 nitrogen and oxygen atoms in total. The molecule has 2 rings (SSSR count). The van der Waals surface area contributed by atoms with Crippen LogP contribution in [0.5, 0.6) is 0 Å². The van der Waals surface area contributed by atoms with Gasteiger partial charge in [0.25, 0.3) is 0 Å². The van der Waals surface area contributed by atoms with Crippen molar-refractivity contribution < 1.29 is 9.59 Å². The third-order valence-electron chi connectivity index (χ3n) is 4.42. The number of piperidine rings is 2. The third kappa shape index (κ3) is 3.93. The number of likely N-dealkylation sites (tertiary alicyclic amines) is 1. The lowest BCUT2D eigenvalue weighted by Crippen LogP contribution is -2.59. The Hall–Kier alpha value is -1.14. The lowest BCUT2D eigenvalue weighted by atomic mass is 9.89. The molecule has 0 aromatic rings. The number of hydrogen-bond acceptors (Lipinski definition) is 4. The Morgan fingerprint density at radius 1 is 1.35 bits per heavy atom. The Kier molecular flexibility index (Phi) is 4.99. The molecular weight excluding hydrogens is 256 g/mol. The van der Waals surface area contributed by atoms with Crippen LogP contribution in [0.2, 0.25) is 0 Å². The standard InChI is InChI=1S/C14H26N4O2/c1-14(6-2-3-7-16-14)13(20)17-11-4-8-18(9-5-11)10-12(15)19/h11,16H,2-10H2,1H3,(H2,15,19)(H,17,20). The van der Waals surface area contributed by atoms with Crippen LogP contribution in [0.15, 0.2) is 0 Å². The van der Waals surface area contributed by atoms with E-state index in [1.807, 2.05) is 11.8 Å². The number of rotatable bonds is 4. The van der Waals surface area contributed by atoms with Crippen LogP contribution in [0.25, 0.3) is 0 Å². The van der Waals surface area contributed by atoms with Crippen LogP contribution in [-0.4, -0.2) is 54.5 Å². The van der Waals surface area contributed by atoms with Gasteiger partial charge in [0, 0.05) is 19.1 Å². The summed E-state index contributed by atoms with van der Waals surface area (Å²) in [6.45, 7) is 4.86. The average Bonchev–Trinajstić information content (AvgIpc) is 2.41. The Morgan fingerprint density at radius 3 is 2.60 bits per heavy atom. The van der Waals surface area contributed by atoms with Gasteiger partial charge in [-0.1, -0.05) is 0 Å². The molecule has 2 amide bonds. The molecule has 1 atom stereocenters. The van der Waals surface area contributed by atoms with Crippen LogP contribution in [0.3, 0.4) is 0 Å². The minimum absolute atomic E-state index is 0.116. The quantitative estimate of drug-likeness (QED) is 0.654. The fourth-order valence-corrected chi connectivity index (χ4v) is 3.05. The number of carbonyl (C=O) groups excluding carboxylic acids is 2. The highest BCUT2D eigenvalue weighted by Crippen LogP contribution is 2.20. The number of amides is 2. The van der Waals surface area contributed by atoms with Crippen LogP contribution in [-0.2, 0) is 9.59 Å². The first-order valence-corrected chi connectivity index (χ1v) is 7.56. The second-order valence-electron chi connectivity index (χ2n) is 6.21. The van der Waals surface area contributed by atoms with Gasteiger partial charge in [-0.3, -0.25) is 14.5 Å². The van der Waals surface area contributed by atoms with Gasteiger partial charge in [0.05, 0.1) is 12.1 Å². The first-order chi connectivity index (χ1) is 9.49. The molecule has 0 aliphatic carbocycles. The summed E-state index contributed by atoms with van der Waals surface area (Å²) >= 11 is 0. The molecule has 0 radical (unpaired) electrons. The predicted molar refractivity (Wildman–Crippen MR) is 77.1 cm³/mol. The van der Waals surface area contributed by atoms with E-state index in [1.165, 1.54) is 0 Å². The van der Waals surface area contributed by atoms with Crippen molar-refractivity contribution >= 4 is 11.8 Å². The molecule has 2 aliphatic heterocycles. The van der Waals surface area contributed by atoms with Gasteiger partial charge in [0.1, 0.15) is 0 Å². The first-order valence-electron chi connectivity index (χ1n) is 7.56. The van der Waals surface area contributed by atoms with Gasteiger partial charge in [-0.15, -0.1) is 0 Å². The van der Waals surface area contributed by atoms with E-state index in [9.17, 15) is 9.59 Å². The van der Waals surface area contributed by atoms with Crippen LogP contribution in [0.1, 0.15) is 39.0 Å². The zero-order valence-electron chi connectivity index (χ0n) is 12.3. The lowest BCUT2D eigenvalue weighted by molar-refractivity contribution is -0.129. The molecule has 0 saturated carbocycles. The Bertz CT molecular complexity index is 358. The minimum Gasteiger partial charge on any atom is -0.369 e. The predicted octanol–water partition coefficient (Wildman–Crippen LogP) is -0.415. The molecule has 0 aromatic heterocycles. The molecule has 6 heteroatoms. The van der Waals surface area contributed by atoms with Gasteiger partial charge >= 0.3 is 0 Å². The second-order valence-corrected chi connectivity index (χ2v) is 6.21. The maximum absolute atomic E-state index is 12.4. The van der Waals surface area contributed by atoms with Gasteiger partial charge in [0.15, 0.2) is 0 Å². The van der Waals surface area contributed by atoms with Crippen molar-refractivity contribution in [2.45, 2.75) is 50.6 Å². The van der Waals surface area contributed by atoms with Gasteiger partial charge < -0.3 is 16.4 Å². The number of primary amides is 1. The van der Waals surface area contributed by atoms with Crippen molar-refractivity contribution in [2.75, 3.05) is 26.2 Å². The lowest BCUT2D eigenvalue weighted by Gasteiger charge is -2.37. The molecule has 1 unspecified atom stereocenters. The zero-order valence-corrected chi connectivity index (χ0v) is 12.3. The van der Waals surface area contributed by atoms with Crippen molar-refractivity contribution in [3.05, 3.63) is 0 Å². The highest BCUT2D eigenvalue weighted by atomic mass is 16.2. The van der Waals surface area contributed by atoms with E-state index >= 15 is 0 Å². The largest absolute Gasteiger partial charge is 0.369 e. The maximum Gasteiger partial charge on any atom is 0.240 e. The van der Waals surface area contributed by atoms with Crippen molar-refractivity contribution in [3.8, 4) is 0 Å². The fourth-order valence-electron chi connectivity index (χ4n) is 3.05. The third-order valence-corrected chi connectivity index (χ3v) is 4.42. The summed E-state index contributed by atoms with van der Waals surface area (Å²) in [5.41, 5.74) is 4.78. The van der Waals surface area contributed by atoms with E-state index in [-0.39, 0.29) is 17.9 Å². The number of hydrogen-bond donors (Lipinski definition) is 3. The van der Waals surface area contributed by atoms with Gasteiger partial charge in [-0.25, -0.2) is 0 Å². The SMILES string of the molecule is CC1(C(=O)NC2CCN(CC(N)=O)CC2)CCCCN1. The molecule has 2 aliphatic rings. The number of nitrogens with zero attached hydrogens (tertiary/aromatic N) is 1. The van der Waals surface area contributed by atoms with Crippen LogP contribution < -0.4 is 16.4 Å². The van der Waals surface area contributed by atoms with E-state index in [2.05, 4.69) is 10.6 Å². The average molecular weight is 282 g/mol. The Morgan fingerprint density at radius 2 is 2.05 bits per heavy atom. The molecule has 0 bridgehead atoms. The molecule has 0 aromatic carbocycles. The van der Waals surface area contributed by atoms with E-state index < -0.39 is 5.54 Å². The summed E-state index contributed by atoms with van der Waals surface area (Å²) in [7, 11) is 0. The molecule has 2 heterocycles. The van der Waals surface area contributed by atoms with Crippen molar-refractivity contribution in [3.63, 3.8) is 0 Å². The first kappa shape index (κ1) is 15.3. The van der Waals surface area contributed by atoms with E-state index in [1.54, 1.807) is 0 Å². The van der Waals surface area contributed by atoms with Crippen molar-refractivity contribution in [2.24, 2.45) is 5.73 Å². The summed E-state index contributed by atoms with van der Waals surface area (Å²) in [6, 6.07) is 0.215. The maximum atomic E-state index is 12.4. The number of carbonyl (C=O) groups is 2. The van der Waals surface area contributed by atoms with Crippen LogP contribution in [0, 0.1) is 0 Å². The van der Waals surface area contributed by atoms with E-state index in [0.29, 0.717) is 6.54 Å². The summed E-state index contributed by atoms with van der Waals surface area (Å²) < 4.78 is 0. The smallest absolute Gasteiger partial charge is 0.240 e. The monoisotopic (exact) mass is 282 g/mol. The van der Waals surface area contributed by atoms with Gasteiger partial charge in [0.2, 0.25) is 11.8 Å². The minimum atomic E-state index is -0.414. The second kappa shape index (κ2) is 6.54. The topological polar surface area (TPSA) is 87.5 Å². The highest BCUT2D eigenvalue weighted by molar-refractivity contribution is 5.86. The highest BCUT2D eigenvalue weighted by Gasteiger charge is 2.35. The molecule has 4 N–H and O–H groups in total. The molecule has 2 fully saturated rings. The fraction of sp³-hybridized carbons (Fsp3) is 0.857. The number of nitrogens with one attached hydrogen (secondary N) is 2. The summed E-state index contributed by atoms with van der Waals surface area (Å²) in [6.07, 6.45) is 4.92. The van der Waals surface area contributed by atoms with Crippen molar-refractivity contribution in [1.82, 2.24) is 15.5 Å². The normalized spacial score (nSPS) is 29.1. The molecular formula is C14H26N4O2. The van der Waals surface area contributed by atoms with Gasteiger partial charge in [-0.05, 0) is 45.6 Å². The van der Waals surface area contributed by atoms with Gasteiger partial charge in [-0.2, -0.15) is 0 Å². The van der Waals surface area contributed by atoms with Crippen molar-refractivity contribution in [1.29, 1.82) is 0 Å². The summed E-state index contributed by atoms with van der Waals surface area (Å²) in [4.78, 5) is 25.3. The Balaban J connectivity index is 1.77. The number of nitrogens with two attached hydrogens (primary N) is 1. The molecule has 114 valence electrons. The zero-order chi connectivity index (χ0) is 14.6. The van der Waals surface area contributed by atoms with E-state index in [0.717, 1.165) is 51.7 Å².